The van der Waals surface area contributed by atoms with Gasteiger partial charge in [-0.05, 0) is 24.5 Å². The Kier molecular flexibility index (Phi) is 3.18. The zero-order chi connectivity index (χ0) is 12.6. The van der Waals surface area contributed by atoms with Crippen LogP contribution in [-0.2, 0) is 9.84 Å². The lowest BCUT2D eigenvalue weighted by Crippen LogP contribution is -2.11. The number of aromatic nitrogens is 2. The van der Waals surface area contributed by atoms with Gasteiger partial charge in [0, 0.05) is 6.20 Å². The maximum Gasteiger partial charge on any atom is 0.211 e. The Morgan fingerprint density at radius 3 is 2.76 bits per heavy atom. The van der Waals surface area contributed by atoms with Crippen molar-refractivity contribution in [1.29, 1.82) is 0 Å². The van der Waals surface area contributed by atoms with Crippen LogP contribution >= 0.6 is 11.3 Å². The van der Waals surface area contributed by atoms with Crippen LogP contribution in [0.25, 0.3) is 10.3 Å². The van der Waals surface area contributed by atoms with E-state index in [9.17, 15) is 8.42 Å². The lowest BCUT2D eigenvalue weighted by molar-refractivity contribution is 0.582. The number of sulfone groups is 1. The molecule has 2 aromatic rings. The number of fused-ring (bicyclic) bond motifs is 1. The first-order valence-corrected chi connectivity index (χ1v) is 7.81. The molecular weight excluding hydrogens is 256 g/mol. The minimum absolute atomic E-state index is 0.0988. The average Bonchev–Trinajstić information content (AvgIpc) is 2.58. The maximum atomic E-state index is 12.0. The molecule has 2 rings (SSSR count). The lowest BCUT2D eigenvalue weighted by Gasteiger charge is -2.02. The minimum Gasteiger partial charge on any atom is -0.236 e. The highest BCUT2D eigenvalue weighted by atomic mass is 32.2. The highest BCUT2D eigenvalue weighted by molar-refractivity contribution is 7.93. The third kappa shape index (κ3) is 2.63. The fraction of sp³-hybridized carbons (Fsp3) is 0.455. The largest absolute Gasteiger partial charge is 0.236 e. The van der Waals surface area contributed by atoms with E-state index in [1.165, 1.54) is 11.3 Å². The van der Waals surface area contributed by atoms with Crippen LogP contribution in [0.1, 0.15) is 19.4 Å². The Morgan fingerprint density at radius 1 is 1.41 bits per heavy atom. The standard InChI is InChI=1S/C11H14N2O2S2/c1-7(2)6-17(14,15)11-13-10-9(16-11)4-8(3)5-12-10/h4-5,7H,6H2,1-3H3. The van der Waals surface area contributed by atoms with Crippen LogP contribution in [0.5, 0.6) is 0 Å². The van der Waals surface area contributed by atoms with Crippen molar-refractivity contribution in [3.63, 3.8) is 0 Å². The molecule has 0 aliphatic carbocycles. The van der Waals surface area contributed by atoms with Gasteiger partial charge in [0.2, 0.25) is 14.2 Å². The summed E-state index contributed by atoms with van der Waals surface area (Å²) in [6.07, 6.45) is 1.70. The van der Waals surface area contributed by atoms with E-state index in [-0.39, 0.29) is 16.0 Å². The number of thiazole rings is 1. The Hall–Kier alpha value is -1.01. The molecule has 0 fully saturated rings. The van der Waals surface area contributed by atoms with Gasteiger partial charge >= 0.3 is 0 Å². The summed E-state index contributed by atoms with van der Waals surface area (Å²) in [4.78, 5) is 8.23. The minimum atomic E-state index is -3.27. The van der Waals surface area contributed by atoms with Gasteiger partial charge in [0.05, 0.1) is 10.5 Å². The Labute approximate surface area is 105 Å². The number of rotatable bonds is 3. The SMILES string of the molecule is Cc1cnc2nc(S(=O)(=O)CC(C)C)sc2c1. The van der Waals surface area contributed by atoms with E-state index in [2.05, 4.69) is 9.97 Å². The van der Waals surface area contributed by atoms with Crippen LogP contribution in [0, 0.1) is 12.8 Å². The van der Waals surface area contributed by atoms with Crippen LogP contribution < -0.4 is 0 Å². The zero-order valence-electron chi connectivity index (χ0n) is 9.97. The predicted molar refractivity (Wildman–Crippen MR) is 69.0 cm³/mol. The maximum absolute atomic E-state index is 12.0. The Bertz CT molecular complexity index is 645. The van der Waals surface area contributed by atoms with Crippen molar-refractivity contribution >= 4 is 31.5 Å². The smallest absolute Gasteiger partial charge is 0.211 e. The molecule has 0 N–H and O–H groups in total. The van der Waals surface area contributed by atoms with Crippen LogP contribution in [0.3, 0.4) is 0 Å². The summed E-state index contributed by atoms with van der Waals surface area (Å²) >= 11 is 1.20. The summed E-state index contributed by atoms with van der Waals surface area (Å²) in [6, 6.07) is 1.91. The first-order valence-electron chi connectivity index (χ1n) is 5.34. The van der Waals surface area contributed by atoms with Crippen molar-refractivity contribution in [1.82, 2.24) is 9.97 Å². The first kappa shape index (κ1) is 12.4. The monoisotopic (exact) mass is 270 g/mol. The van der Waals surface area contributed by atoms with Crippen LogP contribution in [-0.4, -0.2) is 24.1 Å². The quantitative estimate of drug-likeness (QED) is 0.859. The van der Waals surface area contributed by atoms with Gasteiger partial charge in [-0.1, -0.05) is 13.8 Å². The van der Waals surface area contributed by atoms with Gasteiger partial charge < -0.3 is 0 Å². The summed E-state index contributed by atoms with van der Waals surface area (Å²) in [5.41, 5.74) is 1.52. The molecule has 0 radical (unpaired) electrons. The lowest BCUT2D eigenvalue weighted by atomic mass is 10.3. The molecule has 6 heteroatoms. The molecule has 2 aromatic heterocycles. The Morgan fingerprint density at radius 2 is 2.12 bits per heavy atom. The van der Waals surface area contributed by atoms with Gasteiger partial charge in [-0.3, -0.25) is 0 Å². The second-order valence-electron chi connectivity index (χ2n) is 4.49. The summed E-state index contributed by atoms with van der Waals surface area (Å²) in [5.74, 6) is 0.230. The first-order chi connectivity index (χ1) is 7.88. The van der Waals surface area contributed by atoms with Gasteiger partial charge in [0.15, 0.2) is 5.65 Å². The third-order valence-corrected chi connectivity index (χ3v) is 5.71. The van der Waals surface area contributed by atoms with Gasteiger partial charge in [-0.2, -0.15) is 0 Å². The number of nitrogens with zero attached hydrogens (tertiary/aromatic N) is 2. The van der Waals surface area contributed by atoms with Crippen LogP contribution in [0.4, 0.5) is 0 Å². The number of pyridine rings is 1. The molecule has 0 bridgehead atoms. The molecule has 17 heavy (non-hydrogen) atoms. The predicted octanol–water partition coefficient (Wildman–Crippen LogP) is 2.43. The molecule has 0 saturated carbocycles. The molecule has 0 aliphatic heterocycles. The van der Waals surface area contributed by atoms with Gasteiger partial charge in [0.1, 0.15) is 0 Å². The van der Waals surface area contributed by atoms with E-state index in [1.807, 2.05) is 26.8 Å². The van der Waals surface area contributed by atoms with Crippen molar-refractivity contribution in [2.24, 2.45) is 5.92 Å². The molecule has 0 atom stereocenters. The fourth-order valence-corrected chi connectivity index (χ4v) is 4.52. The number of hydrogen-bond donors (Lipinski definition) is 0. The topological polar surface area (TPSA) is 59.9 Å². The zero-order valence-corrected chi connectivity index (χ0v) is 11.6. The molecule has 0 amide bonds. The molecule has 0 saturated heterocycles. The summed E-state index contributed by atoms with van der Waals surface area (Å²) in [7, 11) is -3.27. The second-order valence-corrected chi connectivity index (χ2v) is 7.73. The molecule has 0 aromatic carbocycles. The van der Waals surface area contributed by atoms with E-state index < -0.39 is 9.84 Å². The normalized spacial score (nSPS) is 12.5. The van der Waals surface area contributed by atoms with Gasteiger partial charge in [-0.25, -0.2) is 18.4 Å². The van der Waals surface area contributed by atoms with E-state index >= 15 is 0 Å². The van der Waals surface area contributed by atoms with E-state index in [4.69, 9.17) is 0 Å². The average molecular weight is 270 g/mol. The molecule has 0 spiro atoms. The third-order valence-electron chi connectivity index (χ3n) is 2.18. The van der Waals surface area contributed by atoms with Crippen molar-refractivity contribution in [2.45, 2.75) is 25.1 Å². The number of aryl methyl sites for hydroxylation is 1. The second kappa shape index (κ2) is 4.34. The molecule has 4 nitrogen and oxygen atoms in total. The molecule has 92 valence electrons. The molecule has 0 unspecified atom stereocenters. The van der Waals surface area contributed by atoms with Crippen molar-refractivity contribution in [2.75, 3.05) is 5.75 Å². The molecule has 0 aliphatic rings. The van der Waals surface area contributed by atoms with E-state index in [0.29, 0.717) is 5.65 Å². The molecule has 2 heterocycles. The van der Waals surface area contributed by atoms with Crippen molar-refractivity contribution in [3.05, 3.63) is 17.8 Å². The summed E-state index contributed by atoms with van der Waals surface area (Å²) in [5, 5.41) is 0. The van der Waals surface area contributed by atoms with Gasteiger partial charge in [0.25, 0.3) is 0 Å². The van der Waals surface area contributed by atoms with E-state index in [1.54, 1.807) is 6.20 Å². The fourth-order valence-electron chi connectivity index (χ4n) is 1.54. The van der Waals surface area contributed by atoms with Gasteiger partial charge in [-0.15, -0.1) is 11.3 Å². The van der Waals surface area contributed by atoms with Crippen LogP contribution in [0.15, 0.2) is 16.6 Å². The number of hydrogen-bond acceptors (Lipinski definition) is 5. The Balaban J connectivity index is 2.50. The highest BCUT2D eigenvalue weighted by Crippen LogP contribution is 2.26. The van der Waals surface area contributed by atoms with E-state index in [0.717, 1.165) is 10.3 Å². The highest BCUT2D eigenvalue weighted by Gasteiger charge is 2.21. The summed E-state index contributed by atoms with van der Waals surface area (Å²) < 4.78 is 25.0. The molecular formula is C11H14N2O2S2. The van der Waals surface area contributed by atoms with Crippen molar-refractivity contribution in [3.8, 4) is 0 Å². The van der Waals surface area contributed by atoms with Crippen LogP contribution in [0.2, 0.25) is 0 Å². The summed E-state index contributed by atoms with van der Waals surface area (Å²) in [6.45, 7) is 5.69. The van der Waals surface area contributed by atoms with Crippen molar-refractivity contribution < 1.29 is 8.42 Å².